The molecule has 0 aliphatic carbocycles. The lowest BCUT2D eigenvalue weighted by Gasteiger charge is -2.22. The number of amides is 2. The molecule has 1 aromatic heterocycles. The van der Waals surface area contributed by atoms with Gasteiger partial charge in [-0.05, 0) is 12.8 Å². The van der Waals surface area contributed by atoms with Crippen LogP contribution in [0.2, 0.25) is 0 Å². The third-order valence-corrected chi connectivity index (χ3v) is 3.67. The monoisotopic (exact) mass is 268 g/mol. The van der Waals surface area contributed by atoms with Crippen molar-refractivity contribution in [2.75, 3.05) is 18.4 Å². The van der Waals surface area contributed by atoms with Gasteiger partial charge in [-0.25, -0.2) is 4.98 Å². The molecule has 1 aliphatic heterocycles. The molecule has 6 nitrogen and oxygen atoms in total. The lowest BCUT2D eigenvalue weighted by Crippen LogP contribution is -2.40. The van der Waals surface area contributed by atoms with Crippen molar-refractivity contribution in [3.8, 4) is 0 Å². The highest BCUT2D eigenvalue weighted by molar-refractivity contribution is 7.14. The van der Waals surface area contributed by atoms with Gasteiger partial charge in [0.1, 0.15) is 5.69 Å². The minimum Gasteiger partial charge on any atom is -0.333 e. The molecule has 98 valence electrons. The van der Waals surface area contributed by atoms with Crippen molar-refractivity contribution in [2.45, 2.75) is 25.8 Å². The van der Waals surface area contributed by atoms with Gasteiger partial charge in [0.05, 0.1) is 0 Å². The minimum absolute atomic E-state index is 0.101. The second-order valence-electron chi connectivity index (χ2n) is 4.25. The van der Waals surface area contributed by atoms with E-state index in [-0.39, 0.29) is 17.9 Å². The summed E-state index contributed by atoms with van der Waals surface area (Å²) in [5, 5.41) is 4.69. The van der Waals surface area contributed by atoms with Crippen LogP contribution in [0.4, 0.5) is 5.13 Å². The average molecular weight is 268 g/mol. The molecule has 1 atom stereocenters. The van der Waals surface area contributed by atoms with Crippen LogP contribution >= 0.6 is 11.3 Å². The Balaban J connectivity index is 2.09. The van der Waals surface area contributed by atoms with Crippen molar-refractivity contribution in [3.05, 3.63) is 11.1 Å². The van der Waals surface area contributed by atoms with E-state index in [1.165, 1.54) is 18.3 Å². The van der Waals surface area contributed by atoms with E-state index in [1.54, 1.807) is 10.3 Å². The van der Waals surface area contributed by atoms with E-state index in [4.69, 9.17) is 5.73 Å². The molecule has 1 unspecified atom stereocenters. The van der Waals surface area contributed by atoms with Gasteiger partial charge in [0.25, 0.3) is 5.91 Å². The van der Waals surface area contributed by atoms with Gasteiger partial charge in [-0.15, -0.1) is 11.3 Å². The van der Waals surface area contributed by atoms with Gasteiger partial charge in [-0.1, -0.05) is 0 Å². The van der Waals surface area contributed by atoms with Crippen molar-refractivity contribution < 1.29 is 9.59 Å². The van der Waals surface area contributed by atoms with Gasteiger partial charge in [0, 0.05) is 31.4 Å². The molecular formula is C11H16N4O2S. The van der Waals surface area contributed by atoms with E-state index in [0.717, 1.165) is 19.4 Å². The second-order valence-corrected chi connectivity index (χ2v) is 5.11. The number of hydrogen-bond acceptors (Lipinski definition) is 5. The van der Waals surface area contributed by atoms with E-state index in [0.29, 0.717) is 17.4 Å². The number of anilines is 1. The van der Waals surface area contributed by atoms with E-state index in [1.807, 2.05) is 0 Å². The Bertz CT molecular complexity index is 460. The normalized spacial score (nSPS) is 19.0. The summed E-state index contributed by atoms with van der Waals surface area (Å²) in [5.74, 6) is -0.292. The summed E-state index contributed by atoms with van der Waals surface area (Å²) in [6, 6.07) is 0.114. The lowest BCUT2D eigenvalue weighted by atomic mass is 10.2. The van der Waals surface area contributed by atoms with Crippen LogP contribution in [0.5, 0.6) is 0 Å². The van der Waals surface area contributed by atoms with Gasteiger partial charge in [0.2, 0.25) is 5.91 Å². The number of nitrogens with two attached hydrogens (primary N) is 1. The summed E-state index contributed by atoms with van der Waals surface area (Å²) in [6.45, 7) is 2.62. The molecule has 1 aliphatic rings. The predicted molar refractivity (Wildman–Crippen MR) is 69.5 cm³/mol. The third-order valence-electron chi connectivity index (χ3n) is 2.92. The lowest BCUT2D eigenvalue weighted by molar-refractivity contribution is -0.114. The Morgan fingerprint density at radius 3 is 3.11 bits per heavy atom. The van der Waals surface area contributed by atoms with Crippen LogP contribution in [-0.4, -0.2) is 40.8 Å². The molecule has 0 saturated carbocycles. The maximum absolute atomic E-state index is 12.2. The molecule has 1 saturated heterocycles. The number of nitrogens with zero attached hydrogens (tertiary/aromatic N) is 2. The van der Waals surface area contributed by atoms with Crippen molar-refractivity contribution in [1.82, 2.24) is 9.88 Å². The number of thiazole rings is 1. The molecule has 0 radical (unpaired) electrons. The number of rotatable bonds is 3. The smallest absolute Gasteiger partial charge is 0.273 e. The van der Waals surface area contributed by atoms with Crippen LogP contribution in [0.1, 0.15) is 30.3 Å². The van der Waals surface area contributed by atoms with Crippen LogP contribution in [-0.2, 0) is 4.79 Å². The van der Waals surface area contributed by atoms with Gasteiger partial charge in [0.15, 0.2) is 5.13 Å². The average Bonchev–Trinajstić information content (AvgIpc) is 2.95. The first-order valence-electron chi connectivity index (χ1n) is 5.86. The first-order valence-corrected chi connectivity index (χ1v) is 6.74. The summed E-state index contributed by atoms with van der Waals surface area (Å²) in [7, 11) is 0. The second kappa shape index (κ2) is 5.45. The van der Waals surface area contributed by atoms with Crippen molar-refractivity contribution in [1.29, 1.82) is 0 Å². The van der Waals surface area contributed by atoms with Gasteiger partial charge >= 0.3 is 0 Å². The molecule has 1 aromatic rings. The highest BCUT2D eigenvalue weighted by Crippen LogP contribution is 2.22. The van der Waals surface area contributed by atoms with Gasteiger partial charge in [-0.3, -0.25) is 9.59 Å². The van der Waals surface area contributed by atoms with Crippen LogP contribution < -0.4 is 11.1 Å². The topological polar surface area (TPSA) is 88.3 Å². The van der Waals surface area contributed by atoms with Crippen LogP contribution in [0.25, 0.3) is 0 Å². The zero-order valence-corrected chi connectivity index (χ0v) is 11.0. The number of likely N-dealkylation sites (tertiary alicyclic amines) is 1. The van der Waals surface area contributed by atoms with Crippen molar-refractivity contribution in [2.24, 2.45) is 5.73 Å². The molecule has 1 fully saturated rings. The predicted octanol–water partition coefficient (Wildman–Crippen LogP) is 0.665. The van der Waals surface area contributed by atoms with E-state index in [2.05, 4.69) is 10.3 Å². The van der Waals surface area contributed by atoms with Crippen LogP contribution in [0.3, 0.4) is 0 Å². The molecule has 0 aromatic carbocycles. The standard InChI is InChI=1S/C11H16N4O2S/c1-7(16)13-11-14-9(6-18-11)10(17)15-4-2-3-8(15)5-12/h6,8H,2-5,12H2,1H3,(H,13,14,16). The Kier molecular flexibility index (Phi) is 3.93. The molecule has 18 heavy (non-hydrogen) atoms. The van der Waals surface area contributed by atoms with E-state index < -0.39 is 0 Å². The summed E-state index contributed by atoms with van der Waals surface area (Å²) in [6.07, 6.45) is 1.93. The van der Waals surface area contributed by atoms with Gasteiger partial charge in [-0.2, -0.15) is 0 Å². The maximum atomic E-state index is 12.2. The third kappa shape index (κ3) is 2.68. The quantitative estimate of drug-likeness (QED) is 0.843. The molecule has 2 heterocycles. The summed E-state index contributed by atoms with van der Waals surface area (Å²) >= 11 is 1.25. The number of hydrogen-bond donors (Lipinski definition) is 2. The highest BCUT2D eigenvalue weighted by atomic mass is 32.1. The first-order chi connectivity index (χ1) is 8.61. The summed E-state index contributed by atoms with van der Waals surface area (Å²) in [5.41, 5.74) is 6.02. The molecular weight excluding hydrogens is 252 g/mol. The fraction of sp³-hybridized carbons (Fsp3) is 0.545. The summed E-state index contributed by atoms with van der Waals surface area (Å²) < 4.78 is 0. The first kappa shape index (κ1) is 13.0. The zero-order chi connectivity index (χ0) is 13.1. The molecule has 3 N–H and O–H groups in total. The molecule has 2 amide bonds. The highest BCUT2D eigenvalue weighted by Gasteiger charge is 2.29. The van der Waals surface area contributed by atoms with Gasteiger partial charge < -0.3 is 16.0 Å². The van der Waals surface area contributed by atoms with Crippen LogP contribution in [0, 0.1) is 0 Å². The number of carbonyl (C=O) groups excluding carboxylic acids is 2. The SMILES string of the molecule is CC(=O)Nc1nc(C(=O)N2CCCC2CN)cs1. The van der Waals surface area contributed by atoms with E-state index >= 15 is 0 Å². The van der Waals surface area contributed by atoms with Crippen molar-refractivity contribution >= 4 is 28.3 Å². The molecule has 7 heteroatoms. The Morgan fingerprint density at radius 2 is 2.44 bits per heavy atom. The van der Waals surface area contributed by atoms with Crippen LogP contribution in [0.15, 0.2) is 5.38 Å². The molecule has 0 bridgehead atoms. The minimum atomic E-state index is -0.190. The largest absolute Gasteiger partial charge is 0.333 e. The number of nitrogens with one attached hydrogen (secondary N) is 1. The fourth-order valence-electron chi connectivity index (χ4n) is 2.08. The van der Waals surface area contributed by atoms with E-state index in [9.17, 15) is 9.59 Å². The molecule has 2 rings (SSSR count). The Labute approximate surface area is 109 Å². The maximum Gasteiger partial charge on any atom is 0.273 e. The number of aromatic nitrogens is 1. The zero-order valence-electron chi connectivity index (χ0n) is 10.2. The number of carbonyl (C=O) groups is 2. The Morgan fingerprint density at radius 1 is 1.67 bits per heavy atom. The fourth-order valence-corrected chi connectivity index (χ4v) is 2.81. The van der Waals surface area contributed by atoms with Crippen molar-refractivity contribution in [3.63, 3.8) is 0 Å². The molecule has 0 spiro atoms. The Hall–Kier alpha value is -1.47. The summed E-state index contributed by atoms with van der Waals surface area (Å²) in [4.78, 5) is 29.0.